The molecule has 2 N–H and O–H groups in total. The Hall–Kier alpha value is -3.56. The standard InChI is InChI=1S/C19H15F3N2O5/c20-19(21,22)18(28)24-9-13(23-29-10-11-5-2-1-3-6-11)15-12(16(24)17(26)27)7-4-8-14(15)25/h1-8,16,25H,9-10H2,(H,26,27). The van der Waals surface area contributed by atoms with Gasteiger partial charge in [-0.3, -0.25) is 4.79 Å². The van der Waals surface area contributed by atoms with Crippen LogP contribution in [0.3, 0.4) is 0 Å². The van der Waals surface area contributed by atoms with Crippen molar-refractivity contribution in [2.45, 2.75) is 18.8 Å². The van der Waals surface area contributed by atoms with Crippen LogP contribution in [0.15, 0.2) is 53.7 Å². The Labute approximate surface area is 162 Å². The highest BCUT2D eigenvalue weighted by molar-refractivity contribution is 6.10. The summed E-state index contributed by atoms with van der Waals surface area (Å²) in [5.41, 5.74) is 0.281. The molecular formula is C19H15F3N2O5. The van der Waals surface area contributed by atoms with E-state index in [0.717, 1.165) is 5.56 Å². The molecule has 0 aromatic heterocycles. The predicted molar refractivity (Wildman–Crippen MR) is 94.0 cm³/mol. The molecule has 0 saturated carbocycles. The molecule has 7 nitrogen and oxygen atoms in total. The quantitative estimate of drug-likeness (QED) is 0.758. The average molecular weight is 408 g/mol. The lowest BCUT2D eigenvalue weighted by Crippen LogP contribution is -2.51. The minimum Gasteiger partial charge on any atom is -0.507 e. The van der Waals surface area contributed by atoms with E-state index < -0.39 is 30.6 Å². The molecule has 1 atom stereocenters. The Kier molecular flexibility index (Phi) is 5.44. The van der Waals surface area contributed by atoms with Crippen LogP contribution in [-0.4, -0.2) is 45.4 Å². The van der Waals surface area contributed by atoms with E-state index in [9.17, 15) is 33.0 Å². The van der Waals surface area contributed by atoms with Gasteiger partial charge in [0.05, 0.1) is 6.54 Å². The van der Waals surface area contributed by atoms with Gasteiger partial charge in [-0.25, -0.2) is 4.79 Å². The molecule has 2 aromatic rings. The Balaban J connectivity index is 2.02. The second-order valence-corrected chi connectivity index (χ2v) is 6.21. The summed E-state index contributed by atoms with van der Waals surface area (Å²) in [5, 5.41) is 23.4. The van der Waals surface area contributed by atoms with Gasteiger partial charge in [0.1, 0.15) is 18.1 Å². The fraction of sp³-hybridized carbons (Fsp3) is 0.211. The van der Waals surface area contributed by atoms with Gasteiger partial charge in [-0.05, 0) is 17.2 Å². The number of fused-ring (bicyclic) bond motifs is 1. The van der Waals surface area contributed by atoms with E-state index in [1.165, 1.54) is 18.2 Å². The number of carbonyl (C=O) groups excluding carboxylic acids is 1. The summed E-state index contributed by atoms with van der Waals surface area (Å²) < 4.78 is 39.1. The molecule has 0 aliphatic carbocycles. The number of hydrogen-bond acceptors (Lipinski definition) is 5. The number of halogens is 3. The number of phenols is 1. The van der Waals surface area contributed by atoms with Gasteiger partial charge < -0.3 is 20.0 Å². The third kappa shape index (κ3) is 4.15. The van der Waals surface area contributed by atoms with Gasteiger partial charge in [0.15, 0.2) is 6.04 Å². The molecule has 29 heavy (non-hydrogen) atoms. The van der Waals surface area contributed by atoms with E-state index in [-0.39, 0.29) is 34.1 Å². The average Bonchev–Trinajstić information content (AvgIpc) is 2.66. The Morgan fingerprint density at radius 1 is 1.14 bits per heavy atom. The van der Waals surface area contributed by atoms with E-state index >= 15 is 0 Å². The summed E-state index contributed by atoms with van der Waals surface area (Å²) in [7, 11) is 0. The van der Waals surface area contributed by atoms with Crippen molar-refractivity contribution in [2.75, 3.05) is 6.54 Å². The summed E-state index contributed by atoms with van der Waals surface area (Å²) in [6.45, 7) is -0.808. The molecule has 0 fully saturated rings. The summed E-state index contributed by atoms with van der Waals surface area (Å²) in [4.78, 5) is 28.8. The van der Waals surface area contributed by atoms with E-state index in [2.05, 4.69) is 5.16 Å². The number of hydrogen-bond donors (Lipinski definition) is 2. The van der Waals surface area contributed by atoms with Gasteiger partial charge in [-0.1, -0.05) is 47.6 Å². The van der Waals surface area contributed by atoms with Crippen LogP contribution in [0, 0.1) is 0 Å². The minimum absolute atomic E-state index is 0.0111. The maximum absolute atomic E-state index is 13.0. The fourth-order valence-corrected chi connectivity index (χ4v) is 3.05. The number of benzene rings is 2. The van der Waals surface area contributed by atoms with Crippen molar-refractivity contribution in [1.82, 2.24) is 4.90 Å². The molecule has 1 aliphatic rings. The second kappa shape index (κ2) is 7.82. The summed E-state index contributed by atoms with van der Waals surface area (Å²) in [5.74, 6) is -4.37. The van der Waals surface area contributed by atoms with Gasteiger partial charge in [-0.2, -0.15) is 13.2 Å². The van der Waals surface area contributed by atoms with Crippen LogP contribution in [0.4, 0.5) is 13.2 Å². The summed E-state index contributed by atoms with van der Waals surface area (Å²) >= 11 is 0. The first-order valence-electron chi connectivity index (χ1n) is 8.35. The highest BCUT2D eigenvalue weighted by atomic mass is 19.4. The van der Waals surface area contributed by atoms with E-state index in [1.54, 1.807) is 30.3 Å². The topological polar surface area (TPSA) is 99.4 Å². The van der Waals surface area contributed by atoms with Gasteiger partial charge in [0.25, 0.3) is 0 Å². The van der Waals surface area contributed by atoms with E-state index in [1.807, 2.05) is 0 Å². The molecular weight excluding hydrogens is 393 g/mol. The number of phenolic OH excluding ortho intramolecular Hbond substituents is 1. The maximum Gasteiger partial charge on any atom is 0.471 e. The number of aliphatic carboxylic acids is 1. The number of aromatic hydroxyl groups is 1. The molecule has 10 heteroatoms. The first-order valence-corrected chi connectivity index (χ1v) is 8.35. The molecule has 1 heterocycles. The highest BCUT2D eigenvalue weighted by Gasteiger charge is 2.49. The second-order valence-electron chi connectivity index (χ2n) is 6.21. The molecule has 0 bridgehead atoms. The van der Waals surface area contributed by atoms with Gasteiger partial charge in [0, 0.05) is 5.56 Å². The Morgan fingerprint density at radius 3 is 2.45 bits per heavy atom. The van der Waals surface area contributed by atoms with Crippen LogP contribution in [-0.2, 0) is 21.0 Å². The summed E-state index contributed by atoms with van der Waals surface area (Å²) in [6.07, 6.45) is -5.28. The first kappa shape index (κ1) is 20.2. The van der Waals surface area contributed by atoms with Crippen molar-refractivity contribution in [3.05, 3.63) is 65.2 Å². The van der Waals surface area contributed by atoms with Crippen LogP contribution in [0.2, 0.25) is 0 Å². The molecule has 1 amide bonds. The molecule has 0 radical (unpaired) electrons. The largest absolute Gasteiger partial charge is 0.507 e. The molecule has 0 saturated heterocycles. The number of nitrogens with zero attached hydrogens (tertiary/aromatic N) is 2. The van der Waals surface area contributed by atoms with Crippen molar-refractivity contribution in [3.63, 3.8) is 0 Å². The highest BCUT2D eigenvalue weighted by Crippen LogP contribution is 2.37. The third-order valence-electron chi connectivity index (χ3n) is 4.28. The van der Waals surface area contributed by atoms with Crippen LogP contribution < -0.4 is 0 Å². The Morgan fingerprint density at radius 2 is 1.83 bits per heavy atom. The lowest BCUT2D eigenvalue weighted by molar-refractivity contribution is -0.189. The maximum atomic E-state index is 13.0. The molecule has 3 rings (SSSR count). The zero-order valence-corrected chi connectivity index (χ0v) is 14.8. The van der Waals surface area contributed by atoms with Crippen molar-refractivity contribution in [3.8, 4) is 5.75 Å². The van der Waals surface area contributed by atoms with Crippen molar-refractivity contribution in [2.24, 2.45) is 5.16 Å². The number of carboxylic acid groups (broad SMARTS) is 1. The number of alkyl halides is 3. The number of carbonyl (C=O) groups is 2. The number of oxime groups is 1. The smallest absolute Gasteiger partial charge is 0.471 e. The van der Waals surface area contributed by atoms with Crippen LogP contribution in [0.1, 0.15) is 22.7 Å². The molecule has 152 valence electrons. The van der Waals surface area contributed by atoms with E-state index in [0.29, 0.717) is 0 Å². The van der Waals surface area contributed by atoms with Crippen molar-refractivity contribution in [1.29, 1.82) is 0 Å². The molecule has 1 unspecified atom stereocenters. The van der Waals surface area contributed by atoms with Gasteiger partial charge in [0.2, 0.25) is 0 Å². The van der Waals surface area contributed by atoms with E-state index in [4.69, 9.17) is 4.84 Å². The SMILES string of the molecule is O=C(O)C1c2cccc(O)c2C(=NOCc2ccccc2)CN1C(=O)C(F)(F)F. The fourth-order valence-electron chi connectivity index (χ4n) is 3.05. The van der Waals surface area contributed by atoms with Gasteiger partial charge >= 0.3 is 18.1 Å². The normalized spacial score (nSPS) is 17.7. The zero-order valence-electron chi connectivity index (χ0n) is 14.8. The summed E-state index contributed by atoms with van der Waals surface area (Å²) in [6, 6.07) is 10.6. The lowest BCUT2D eigenvalue weighted by Gasteiger charge is -2.35. The zero-order chi connectivity index (χ0) is 21.2. The molecule has 0 spiro atoms. The first-order chi connectivity index (χ1) is 13.7. The third-order valence-corrected chi connectivity index (χ3v) is 4.28. The number of rotatable bonds is 4. The lowest BCUT2D eigenvalue weighted by atomic mass is 9.90. The van der Waals surface area contributed by atoms with Gasteiger partial charge in [-0.15, -0.1) is 0 Å². The van der Waals surface area contributed by atoms with Crippen LogP contribution in [0.25, 0.3) is 0 Å². The number of carboxylic acids is 1. The molecule has 1 aliphatic heterocycles. The van der Waals surface area contributed by atoms with Crippen LogP contribution >= 0.6 is 0 Å². The molecule has 2 aromatic carbocycles. The van der Waals surface area contributed by atoms with Crippen molar-refractivity contribution < 1.29 is 37.8 Å². The Bertz CT molecular complexity index is 960. The van der Waals surface area contributed by atoms with Crippen LogP contribution in [0.5, 0.6) is 5.75 Å². The number of amides is 1. The van der Waals surface area contributed by atoms with Crippen molar-refractivity contribution >= 4 is 17.6 Å². The predicted octanol–water partition coefficient (Wildman–Crippen LogP) is 2.84. The minimum atomic E-state index is -5.28. The monoisotopic (exact) mass is 408 g/mol.